The predicted octanol–water partition coefficient (Wildman–Crippen LogP) is 8.04. The van der Waals surface area contributed by atoms with Crippen LogP contribution in [0.1, 0.15) is 25.0 Å². The summed E-state index contributed by atoms with van der Waals surface area (Å²) in [6.45, 7) is 4.34. The van der Waals surface area contributed by atoms with Gasteiger partial charge in [0.15, 0.2) is 0 Å². The first kappa shape index (κ1) is 18.5. The number of fused-ring (bicyclic) bond motifs is 4. The molecule has 4 aromatic carbocycles. The molecule has 0 saturated carbocycles. The smallest absolute Gasteiger partial charge is 0.138 e. The van der Waals surface area contributed by atoms with E-state index in [9.17, 15) is 0 Å². The van der Waals surface area contributed by atoms with E-state index in [0.29, 0.717) is 0 Å². The van der Waals surface area contributed by atoms with Crippen LogP contribution in [-0.4, -0.2) is 0 Å². The van der Waals surface area contributed by atoms with Crippen molar-refractivity contribution < 1.29 is 9.47 Å². The molecule has 2 heteroatoms. The molecule has 0 amide bonds. The van der Waals surface area contributed by atoms with Crippen LogP contribution in [-0.2, 0) is 12.8 Å². The first-order chi connectivity index (χ1) is 14.7. The second-order valence-corrected chi connectivity index (χ2v) is 7.62. The molecule has 4 aromatic rings. The monoisotopic (exact) mass is 392 g/mol. The highest BCUT2D eigenvalue weighted by Crippen LogP contribution is 2.44. The molecule has 0 aromatic heterocycles. The maximum Gasteiger partial charge on any atom is 0.138 e. The zero-order chi connectivity index (χ0) is 20.5. The summed E-state index contributed by atoms with van der Waals surface area (Å²) in [5.41, 5.74) is 7.58. The summed E-state index contributed by atoms with van der Waals surface area (Å²) < 4.78 is 10.9. The number of benzene rings is 4. The highest BCUT2D eigenvalue weighted by molar-refractivity contribution is 5.76. The minimum atomic E-state index is 0.971. The van der Waals surface area contributed by atoms with Gasteiger partial charge < -0.3 is 9.47 Å². The molecule has 2 nitrogen and oxygen atoms in total. The number of aryl methyl sites for hydroxylation is 2. The van der Waals surface area contributed by atoms with E-state index in [1.165, 1.54) is 33.4 Å². The Kier molecular flexibility index (Phi) is 4.76. The third kappa shape index (κ3) is 3.46. The fourth-order valence-corrected chi connectivity index (χ4v) is 3.76. The van der Waals surface area contributed by atoms with Gasteiger partial charge in [0.2, 0.25) is 0 Å². The van der Waals surface area contributed by atoms with Crippen molar-refractivity contribution in [3.8, 4) is 45.3 Å². The maximum atomic E-state index is 5.45. The molecular weight excluding hydrogens is 368 g/mol. The maximum absolute atomic E-state index is 5.45. The second kappa shape index (κ2) is 7.72. The first-order valence-electron chi connectivity index (χ1n) is 10.6. The van der Waals surface area contributed by atoms with Crippen LogP contribution < -0.4 is 9.47 Å². The number of hydrogen-bond donors (Lipinski definition) is 0. The molecule has 0 aliphatic carbocycles. The van der Waals surface area contributed by atoms with Gasteiger partial charge in [0.05, 0.1) is 0 Å². The fourth-order valence-electron chi connectivity index (χ4n) is 3.76. The SMILES string of the molecule is CCc1ccc(-c2ccc3cc2O3)cc1.CCc1ccc(-c2ccc3cc2O3)cc1. The molecule has 0 fully saturated rings. The van der Waals surface area contributed by atoms with E-state index < -0.39 is 0 Å². The van der Waals surface area contributed by atoms with Gasteiger partial charge in [-0.1, -0.05) is 62.4 Å². The zero-order valence-electron chi connectivity index (χ0n) is 17.3. The summed E-state index contributed by atoms with van der Waals surface area (Å²) in [5, 5.41) is 0. The van der Waals surface area contributed by atoms with Crippen LogP contribution in [0.2, 0.25) is 0 Å². The second-order valence-electron chi connectivity index (χ2n) is 7.62. The first-order valence-corrected chi connectivity index (χ1v) is 10.6. The van der Waals surface area contributed by atoms with E-state index in [2.05, 4.69) is 86.6 Å². The Bertz CT molecular complexity index is 1080. The molecule has 4 aliphatic rings. The van der Waals surface area contributed by atoms with Crippen molar-refractivity contribution >= 4 is 0 Å². The van der Waals surface area contributed by atoms with Crippen LogP contribution in [0, 0.1) is 0 Å². The van der Waals surface area contributed by atoms with Gasteiger partial charge in [-0.25, -0.2) is 0 Å². The molecule has 0 spiro atoms. The topological polar surface area (TPSA) is 18.5 Å². The number of hydrogen-bond acceptors (Lipinski definition) is 2. The van der Waals surface area contributed by atoms with Gasteiger partial charge in [-0.05, 0) is 59.4 Å². The molecule has 4 heterocycles. The minimum Gasteiger partial charge on any atom is -0.456 e. The minimum absolute atomic E-state index is 0.971. The molecule has 30 heavy (non-hydrogen) atoms. The molecule has 0 radical (unpaired) electrons. The Hall–Kier alpha value is -3.52. The van der Waals surface area contributed by atoms with Crippen molar-refractivity contribution in [3.05, 3.63) is 96.1 Å². The average molecular weight is 392 g/mol. The molecule has 4 aliphatic heterocycles. The van der Waals surface area contributed by atoms with Crippen LogP contribution in [0.5, 0.6) is 23.0 Å². The van der Waals surface area contributed by atoms with Crippen molar-refractivity contribution in [1.29, 1.82) is 0 Å². The van der Waals surface area contributed by atoms with E-state index in [-0.39, 0.29) is 0 Å². The lowest BCUT2D eigenvalue weighted by molar-refractivity contribution is 0.440. The molecule has 148 valence electrons. The normalized spacial score (nSPS) is 11.8. The average Bonchev–Trinajstić information content (AvgIpc) is 2.79. The molecular formula is C28H24O2. The van der Waals surface area contributed by atoms with Crippen molar-refractivity contribution in [1.82, 2.24) is 0 Å². The molecule has 8 rings (SSSR count). The van der Waals surface area contributed by atoms with E-state index in [0.717, 1.165) is 35.8 Å². The lowest BCUT2D eigenvalue weighted by Crippen LogP contribution is -1.96. The van der Waals surface area contributed by atoms with Crippen molar-refractivity contribution in [2.75, 3.05) is 0 Å². The van der Waals surface area contributed by atoms with E-state index in [4.69, 9.17) is 9.47 Å². The Morgan fingerprint density at radius 3 is 1.13 bits per heavy atom. The van der Waals surface area contributed by atoms with E-state index >= 15 is 0 Å². The highest BCUT2D eigenvalue weighted by atomic mass is 16.5. The van der Waals surface area contributed by atoms with Crippen molar-refractivity contribution in [2.45, 2.75) is 26.7 Å². The molecule has 0 saturated heterocycles. The van der Waals surface area contributed by atoms with Crippen LogP contribution >= 0.6 is 0 Å². The highest BCUT2D eigenvalue weighted by Gasteiger charge is 2.17. The fraction of sp³-hybridized carbons (Fsp3) is 0.143. The predicted molar refractivity (Wildman–Crippen MR) is 123 cm³/mol. The van der Waals surface area contributed by atoms with Crippen LogP contribution in [0.15, 0.2) is 84.9 Å². The van der Waals surface area contributed by atoms with Gasteiger partial charge in [0.1, 0.15) is 23.0 Å². The lowest BCUT2D eigenvalue weighted by atomic mass is 10.0. The van der Waals surface area contributed by atoms with Gasteiger partial charge in [0, 0.05) is 23.3 Å². The van der Waals surface area contributed by atoms with Crippen molar-refractivity contribution in [2.24, 2.45) is 0 Å². The third-order valence-electron chi connectivity index (χ3n) is 5.71. The summed E-state index contributed by atoms with van der Waals surface area (Å²) in [6, 6.07) is 29.7. The number of rotatable bonds is 4. The number of ether oxygens (including phenoxy) is 2. The Morgan fingerprint density at radius 1 is 0.500 bits per heavy atom. The van der Waals surface area contributed by atoms with Gasteiger partial charge in [-0.3, -0.25) is 0 Å². The Labute approximate surface area is 177 Å². The van der Waals surface area contributed by atoms with E-state index in [1.807, 2.05) is 12.1 Å². The summed E-state index contributed by atoms with van der Waals surface area (Å²) in [7, 11) is 0. The van der Waals surface area contributed by atoms with Crippen LogP contribution in [0.25, 0.3) is 22.3 Å². The summed E-state index contributed by atoms with van der Waals surface area (Å²) in [4.78, 5) is 0. The van der Waals surface area contributed by atoms with Crippen LogP contribution in [0.4, 0.5) is 0 Å². The standard InChI is InChI=1S/2C14H12O/c2*1-2-10-3-5-11(6-4-10)13-8-7-12-9-14(13)15-12/h2*3-9H,2H2,1H3. The van der Waals surface area contributed by atoms with Gasteiger partial charge in [-0.2, -0.15) is 0 Å². The molecule has 0 atom stereocenters. The molecule has 0 N–H and O–H groups in total. The summed E-state index contributed by atoms with van der Waals surface area (Å²) >= 11 is 0. The molecule has 0 unspecified atom stereocenters. The zero-order valence-corrected chi connectivity index (χ0v) is 17.3. The summed E-state index contributed by atoms with van der Waals surface area (Å²) in [5.74, 6) is 3.94. The Morgan fingerprint density at radius 2 is 0.867 bits per heavy atom. The van der Waals surface area contributed by atoms with Crippen molar-refractivity contribution in [3.63, 3.8) is 0 Å². The van der Waals surface area contributed by atoms with Gasteiger partial charge in [0.25, 0.3) is 0 Å². The van der Waals surface area contributed by atoms with Gasteiger partial charge >= 0.3 is 0 Å². The third-order valence-corrected chi connectivity index (χ3v) is 5.71. The Balaban J connectivity index is 0.000000128. The summed E-state index contributed by atoms with van der Waals surface area (Å²) in [6.07, 6.45) is 2.17. The lowest BCUT2D eigenvalue weighted by Gasteiger charge is -2.20. The molecule has 4 bridgehead atoms. The quantitative estimate of drug-likeness (QED) is 0.302. The van der Waals surface area contributed by atoms with Gasteiger partial charge in [-0.15, -0.1) is 0 Å². The van der Waals surface area contributed by atoms with E-state index in [1.54, 1.807) is 0 Å². The largest absolute Gasteiger partial charge is 0.456 e. The van der Waals surface area contributed by atoms with Crippen LogP contribution in [0.3, 0.4) is 0 Å².